The summed E-state index contributed by atoms with van der Waals surface area (Å²) in [7, 11) is 3.33. The molecule has 3 aromatic carbocycles. The Kier molecular flexibility index (Phi) is 7.99. The molecule has 0 bridgehead atoms. The van der Waals surface area contributed by atoms with E-state index in [4.69, 9.17) is 19.3 Å². The Morgan fingerprint density at radius 1 is 0.833 bits per heavy atom. The number of aliphatic imine (C=N–C) groups is 1. The molecule has 0 saturated heterocycles. The molecule has 6 rings (SSSR count). The summed E-state index contributed by atoms with van der Waals surface area (Å²) in [5.74, 6) is 2.25. The van der Waals surface area contributed by atoms with Crippen molar-refractivity contribution in [3.63, 3.8) is 0 Å². The molecule has 2 aromatic heterocycles. The van der Waals surface area contributed by atoms with Crippen molar-refractivity contribution in [3.05, 3.63) is 113 Å². The summed E-state index contributed by atoms with van der Waals surface area (Å²) < 4.78 is 18.9. The summed E-state index contributed by atoms with van der Waals surface area (Å²) in [5.41, 5.74) is 6.78. The molecule has 0 aliphatic carbocycles. The second-order valence-corrected chi connectivity index (χ2v) is 9.87. The predicted molar refractivity (Wildman–Crippen MR) is 171 cm³/mol. The normalized spacial score (nSPS) is 13.2. The zero-order valence-corrected chi connectivity index (χ0v) is 23.7. The van der Waals surface area contributed by atoms with E-state index in [1.165, 1.54) is 5.39 Å². The second kappa shape index (κ2) is 12.5. The number of nitrogens with zero attached hydrogens (tertiary/aromatic N) is 3. The standard InChI is InChI=1S/C35H32N4O3/c1-40-32-16-13-30(14-17-32)39-31(12-7-25-6-8-26-18-20-37-34(26)21-25)22-28(38-39)11-9-27-10-15-33(23-35(27)41-2)42-24-29-5-3-4-19-36-29/h5-23,37H,3-4,24H2,1-2H3/b11-9+,12-7+. The number of methoxy groups -OCH3 is 2. The highest BCUT2D eigenvalue weighted by Gasteiger charge is 2.09. The number of allylic oxidation sites excluding steroid dienone is 1. The largest absolute Gasteiger partial charge is 0.497 e. The van der Waals surface area contributed by atoms with E-state index in [1.54, 1.807) is 14.2 Å². The highest BCUT2D eigenvalue weighted by Crippen LogP contribution is 2.28. The number of H-pyrrole nitrogens is 1. The van der Waals surface area contributed by atoms with Gasteiger partial charge in [0.15, 0.2) is 0 Å². The zero-order valence-electron chi connectivity index (χ0n) is 23.7. The van der Waals surface area contributed by atoms with Crippen LogP contribution in [0, 0.1) is 0 Å². The van der Waals surface area contributed by atoms with Crippen molar-refractivity contribution >= 4 is 41.4 Å². The van der Waals surface area contributed by atoms with Crippen molar-refractivity contribution in [2.75, 3.05) is 20.8 Å². The molecule has 1 N–H and O–H groups in total. The van der Waals surface area contributed by atoms with Crippen LogP contribution < -0.4 is 14.2 Å². The van der Waals surface area contributed by atoms with Gasteiger partial charge in [-0.1, -0.05) is 24.3 Å². The third kappa shape index (κ3) is 6.20. The Bertz CT molecular complexity index is 1810. The second-order valence-electron chi connectivity index (χ2n) is 9.87. The molecule has 7 heteroatoms. The summed E-state index contributed by atoms with van der Waals surface area (Å²) in [6, 6.07) is 24.2. The quantitative estimate of drug-likeness (QED) is 0.190. The Morgan fingerprint density at radius 2 is 1.71 bits per heavy atom. The van der Waals surface area contributed by atoms with Gasteiger partial charge in [-0.3, -0.25) is 4.99 Å². The monoisotopic (exact) mass is 556 g/mol. The van der Waals surface area contributed by atoms with Gasteiger partial charge in [-0.05, 0) is 96.6 Å². The molecule has 5 aromatic rings. The molecular weight excluding hydrogens is 524 g/mol. The van der Waals surface area contributed by atoms with Gasteiger partial charge in [0.05, 0.1) is 37.0 Å². The molecule has 1 aliphatic heterocycles. The molecule has 0 spiro atoms. The van der Waals surface area contributed by atoms with Crippen molar-refractivity contribution < 1.29 is 14.2 Å². The maximum Gasteiger partial charge on any atom is 0.130 e. The Morgan fingerprint density at radius 3 is 2.52 bits per heavy atom. The van der Waals surface area contributed by atoms with Crippen LogP contribution in [0.25, 0.3) is 40.9 Å². The molecule has 0 radical (unpaired) electrons. The van der Waals surface area contributed by atoms with E-state index >= 15 is 0 Å². The number of nitrogens with one attached hydrogen (secondary N) is 1. The maximum absolute atomic E-state index is 5.95. The van der Waals surface area contributed by atoms with Crippen molar-refractivity contribution in [1.82, 2.24) is 14.8 Å². The van der Waals surface area contributed by atoms with E-state index in [-0.39, 0.29) is 0 Å². The highest BCUT2D eigenvalue weighted by molar-refractivity contribution is 5.83. The van der Waals surface area contributed by atoms with E-state index in [9.17, 15) is 0 Å². The van der Waals surface area contributed by atoms with Gasteiger partial charge in [-0.15, -0.1) is 0 Å². The summed E-state index contributed by atoms with van der Waals surface area (Å²) in [6.45, 7) is 0.437. The van der Waals surface area contributed by atoms with Crippen LogP contribution in [0.2, 0.25) is 0 Å². The zero-order chi connectivity index (χ0) is 28.7. The minimum atomic E-state index is 0.437. The average molecular weight is 557 g/mol. The molecule has 0 atom stereocenters. The molecular formula is C35H32N4O3. The number of ether oxygens (including phenoxy) is 3. The molecule has 3 heterocycles. The lowest BCUT2D eigenvalue weighted by atomic mass is 10.1. The number of benzene rings is 3. The summed E-state index contributed by atoms with van der Waals surface area (Å²) in [6.07, 6.45) is 16.2. The number of hydrogen-bond acceptors (Lipinski definition) is 5. The molecule has 7 nitrogen and oxygen atoms in total. The lowest BCUT2D eigenvalue weighted by Crippen LogP contribution is -2.02. The van der Waals surface area contributed by atoms with E-state index < -0.39 is 0 Å². The van der Waals surface area contributed by atoms with Crippen molar-refractivity contribution in [2.45, 2.75) is 12.8 Å². The lowest BCUT2D eigenvalue weighted by Gasteiger charge is -2.11. The number of fused-ring (bicyclic) bond motifs is 1. The average Bonchev–Trinajstić information content (AvgIpc) is 3.69. The smallest absolute Gasteiger partial charge is 0.130 e. The van der Waals surface area contributed by atoms with Crippen LogP contribution in [-0.4, -0.2) is 41.8 Å². The molecule has 0 unspecified atom stereocenters. The Balaban J connectivity index is 1.26. The maximum atomic E-state index is 5.95. The van der Waals surface area contributed by atoms with Gasteiger partial charge >= 0.3 is 0 Å². The van der Waals surface area contributed by atoms with Gasteiger partial charge in [0.1, 0.15) is 23.9 Å². The highest BCUT2D eigenvalue weighted by atomic mass is 16.5. The van der Waals surface area contributed by atoms with Crippen molar-refractivity contribution in [3.8, 4) is 22.9 Å². The van der Waals surface area contributed by atoms with Crippen LogP contribution in [0.15, 0.2) is 95.8 Å². The molecule has 0 fully saturated rings. The van der Waals surface area contributed by atoms with E-state index in [0.717, 1.165) is 69.5 Å². The fourth-order valence-electron chi connectivity index (χ4n) is 4.80. The SMILES string of the molecule is COc1ccc(-n2nc(/C=C/c3ccc(OCC4=CCCC=N4)cc3OC)cc2/C=C/c2ccc3cc[nH]c3c2)cc1. The van der Waals surface area contributed by atoms with E-state index in [2.05, 4.69) is 58.5 Å². The van der Waals surface area contributed by atoms with Crippen LogP contribution in [-0.2, 0) is 0 Å². The van der Waals surface area contributed by atoms with E-state index in [0.29, 0.717) is 6.61 Å². The first-order valence-electron chi connectivity index (χ1n) is 13.9. The minimum absolute atomic E-state index is 0.437. The Hall–Kier alpha value is -5.30. The van der Waals surface area contributed by atoms with E-state index in [1.807, 2.05) is 71.7 Å². The van der Waals surface area contributed by atoms with Crippen LogP contribution in [0.3, 0.4) is 0 Å². The summed E-state index contributed by atoms with van der Waals surface area (Å²) in [5, 5.41) is 6.09. The minimum Gasteiger partial charge on any atom is -0.497 e. The fraction of sp³-hybridized carbons (Fsp3) is 0.143. The molecule has 0 amide bonds. The first-order valence-corrected chi connectivity index (χ1v) is 13.9. The van der Waals surface area contributed by atoms with Crippen molar-refractivity contribution in [2.24, 2.45) is 4.99 Å². The summed E-state index contributed by atoms with van der Waals surface area (Å²) >= 11 is 0. The fourth-order valence-corrected chi connectivity index (χ4v) is 4.80. The lowest BCUT2D eigenvalue weighted by molar-refractivity contribution is 0.345. The number of aromatic amines is 1. The molecule has 210 valence electrons. The molecule has 0 saturated carbocycles. The van der Waals surface area contributed by atoms with Gasteiger partial charge in [-0.2, -0.15) is 5.10 Å². The first-order chi connectivity index (χ1) is 20.7. The van der Waals surface area contributed by atoms with Crippen LogP contribution in [0.1, 0.15) is 35.4 Å². The first kappa shape index (κ1) is 26.9. The molecule has 1 aliphatic rings. The molecule has 42 heavy (non-hydrogen) atoms. The van der Waals surface area contributed by atoms with Gasteiger partial charge in [0.2, 0.25) is 0 Å². The third-order valence-corrected chi connectivity index (χ3v) is 7.06. The van der Waals surface area contributed by atoms with Crippen LogP contribution in [0.5, 0.6) is 17.2 Å². The Labute approximate surface area is 245 Å². The predicted octanol–water partition coefficient (Wildman–Crippen LogP) is 7.84. The summed E-state index contributed by atoms with van der Waals surface area (Å²) in [4.78, 5) is 7.67. The van der Waals surface area contributed by atoms with Crippen LogP contribution >= 0.6 is 0 Å². The van der Waals surface area contributed by atoms with Gasteiger partial charge < -0.3 is 19.2 Å². The topological polar surface area (TPSA) is 73.7 Å². The number of hydrogen-bond donors (Lipinski definition) is 1. The third-order valence-electron chi connectivity index (χ3n) is 7.06. The van der Waals surface area contributed by atoms with Gasteiger partial charge in [0, 0.05) is 29.6 Å². The van der Waals surface area contributed by atoms with Gasteiger partial charge in [-0.25, -0.2) is 4.68 Å². The van der Waals surface area contributed by atoms with Crippen LogP contribution in [0.4, 0.5) is 0 Å². The number of rotatable bonds is 10. The van der Waals surface area contributed by atoms with Gasteiger partial charge in [0.25, 0.3) is 0 Å². The number of aromatic nitrogens is 3. The van der Waals surface area contributed by atoms with Crippen molar-refractivity contribution in [1.29, 1.82) is 0 Å².